The van der Waals surface area contributed by atoms with Crippen molar-refractivity contribution < 1.29 is 27.1 Å². The van der Waals surface area contributed by atoms with Crippen LogP contribution in [0.1, 0.15) is 6.42 Å². The number of nitrogens with zero attached hydrogens (tertiary/aromatic N) is 1. The number of carbonyl (C=O) groups excluding carboxylic acids is 1. The van der Waals surface area contributed by atoms with Gasteiger partial charge in [-0.2, -0.15) is 0 Å². The minimum absolute atomic E-state index is 0.0118. The highest BCUT2D eigenvalue weighted by atomic mass is 32.2. The minimum atomic E-state index is -4.07. The van der Waals surface area contributed by atoms with Gasteiger partial charge in [0.1, 0.15) is 23.9 Å². The number of sulfonamides is 1. The molecule has 2 aromatic rings. The second-order valence-electron chi connectivity index (χ2n) is 6.29. The number of carbonyl (C=O) groups is 1. The largest absolute Gasteiger partial charge is 0.486 e. The quantitative estimate of drug-likeness (QED) is 0.856. The molecule has 1 saturated heterocycles. The lowest BCUT2D eigenvalue weighted by atomic mass is 10.2. The molecule has 2 aliphatic rings. The summed E-state index contributed by atoms with van der Waals surface area (Å²) in [5.74, 6) is 0.0846. The Kier molecular flexibility index (Phi) is 4.48. The van der Waals surface area contributed by atoms with Gasteiger partial charge in [0, 0.05) is 30.8 Å². The number of fused-ring (bicyclic) bond motifs is 1. The van der Waals surface area contributed by atoms with Gasteiger partial charge in [0.15, 0.2) is 11.5 Å². The number of hydrogen-bond donors (Lipinski definition) is 1. The van der Waals surface area contributed by atoms with Crippen LogP contribution in [0.5, 0.6) is 11.5 Å². The summed E-state index contributed by atoms with van der Waals surface area (Å²) in [5, 5.41) is 0. The predicted molar refractivity (Wildman–Crippen MR) is 94.9 cm³/mol. The van der Waals surface area contributed by atoms with Gasteiger partial charge in [-0.1, -0.05) is 12.1 Å². The van der Waals surface area contributed by atoms with Gasteiger partial charge in [-0.3, -0.25) is 4.79 Å². The molecule has 0 saturated carbocycles. The molecule has 1 amide bonds. The van der Waals surface area contributed by atoms with Crippen molar-refractivity contribution in [3.05, 3.63) is 48.3 Å². The lowest BCUT2D eigenvalue weighted by Crippen LogP contribution is -2.37. The van der Waals surface area contributed by atoms with E-state index in [-0.39, 0.29) is 18.9 Å². The van der Waals surface area contributed by atoms with Crippen LogP contribution in [-0.2, 0) is 14.8 Å². The molecule has 142 valence electrons. The van der Waals surface area contributed by atoms with Crippen molar-refractivity contribution in [1.82, 2.24) is 4.72 Å². The van der Waals surface area contributed by atoms with Crippen LogP contribution in [0.2, 0.25) is 0 Å². The SMILES string of the molecule is O=C1C[C@H](NS(=O)(=O)c2ccccc2F)CN1c1ccc2c(c1)OCCO2. The van der Waals surface area contributed by atoms with Gasteiger partial charge in [-0.05, 0) is 24.3 Å². The zero-order valence-corrected chi connectivity index (χ0v) is 15.0. The van der Waals surface area contributed by atoms with Gasteiger partial charge in [-0.25, -0.2) is 17.5 Å². The first-order valence-corrected chi connectivity index (χ1v) is 9.89. The maximum absolute atomic E-state index is 13.8. The lowest BCUT2D eigenvalue weighted by molar-refractivity contribution is -0.117. The molecular weight excluding hydrogens is 375 g/mol. The summed E-state index contributed by atoms with van der Waals surface area (Å²) in [4.78, 5) is 13.4. The first-order valence-electron chi connectivity index (χ1n) is 8.41. The van der Waals surface area contributed by atoms with E-state index in [0.717, 1.165) is 6.07 Å². The Morgan fingerprint density at radius 3 is 2.59 bits per heavy atom. The summed E-state index contributed by atoms with van der Waals surface area (Å²) in [6, 6.07) is 9.60. The lowest BCUT2D eigenvalue weighted by Gasteiger charge is -2.22. The molecule has 0 radical (unpaired) electrons. The fourth-order valence-electron chi connectivity index (χ4n) is 3.18. The van der Waals surface area contributed by atoms with E-state index in [0.29, 0.717) is 30.4 Å². The van der Waals surface area contributed by atoms with Crippen molar-refractivity contribution in [2.75, 3.05) is 24.7 Å². The fraction of sp³-hybridized carbons (Fsp3) is 0.278. The van der Waals surface area contributed by atoms with E-state index in [9.17, 15) is 17.6 Å². The highest BCUT2D eigenvalue weighted by molar-refractivity contribution is 7.89. The number of hydrogen-bond acceptors (Lipinski definition) is 5. The molecule has 7 nitrogen and oxygen atoms in total. The topological polar surface area (TPSA) is 84.9 Å². The average Bonchev–Trinajstić information content (AvgIpc) is 3.01. The predicted octanol–water partition coefficient (Wildman–Crippen LogP) is 1.68. The second-order valence-corrected chi connectivity index (χ2v) is 7.97. The van der Waals surface area contributed by atoms with E-state index in [2.05, 4.69) is 4.72 Å². The van der Waals surface area contributed by atoms with Crippen molar-refractivity contribution >= 4 is 21.6 Å². The van der Waals surface area contributed by atoms with E-state index in [1.54, 1.807) is 18.2 Å². The maximum atomic E-state index is 13.8. The summed E-state index contributed by atoms with van der Waals surface area (Å²) in [7, 11) is -4.07. The van der Waals surface area contributed by atoms with Crippen molar-refractivity contribution in [2.24, 2.45) is 0 Å². The Bertz CT molecular complexity index is 995. The van der Waals surface area contributed by atoms with Crippen LogP contribution >= 0.6 is 0 Å². The molecule has 4 rings (SSSR count). The molecule has 1 fully saturated rings. The van der Waals surface area contributed by atoms with Crippen molar-refractivity contribution in [1.29, 1.82) is 0 Å². The van der Waals surface area contributed by atoms with Gasteiger partial charge in [0.05, 0.1) is 0 Å². The van der Waals surface area contributed by atoms with Gasteiger partial charge in [0.2, 0.25) is 15.9 Å². The van der Waals surface area contributed by atoms with Gasteiger partial charge >= 0.3 is 0 Å². The molecule has 2 aliphatic heterocycles. The third kappa shape index (κ3) is 3.47. The van der Waals surface area contributed by atoms with Crippen molar-refractivity contribution in [3.63, 3.8) is 0 Å². The molecule has 1 atom stereocenters. The van der Waals surface area contributed by atoms with Gasteiger partial charge in [0.25, 0.3) is 0 Å². The third-order valence-corrected chi connectivity index (χ3v) is 5.96. The summed E-state index contributed by atoms with van der Waals surface area (Å²) in [6.45, 7) is 1.04. The van der Waals surface area contributed by atoms with E-state index in [1.807, 2.05) is 0 Å². The van der Waals surface area contributed by atoms with Crippen LogP contribution in [-0.4, -0.2) is 40.1 Å². The highest BCUT2D eigenvalue weighted by Gasteiger charge is 2.34. The Balaban J connectivity index is 1.52. The van der Waals surface area contributed by atoms with Crippen molar-refractivity contribution in [2.45, 2.75) is 17.4 Å². The number of rotatable bonds is 4. The zero-order valence-electron chi connectivity index (χ0n) is 14.2. The van der Waals surface area contributed by atoms with E-state index in [1.165, 1.54) is 23.1 Å². The van der Waals surface area contributed by atoms with Crippen LogP contribution in [0.25, 0.3) is 0 Å². The summed E-state index contributed by atoms with van der Waals surface area (Å²) < 4.78 is 52.1. The first-order chi connectivity index (χ1) is 12.9. The first kappa shape index (κ1) is 17.7. The van der Waals surface area contributed by atoms with Crippen LogP contribution in [0, 0.1) is 5.82 Å². The van der Waals surface area contributed by atoms with E-state index in [4.69, 9.17) is 9.47 Å². The molecular formula is C18H17FN2O5S. The summed E-state index contributed by atoms with van der Waals surface area (Å²) in [5.41, 5.74) is 0.594. The second kappa shape index (κ2) is 6.82. The molecule has 1 N–H and O–H groups in total. The van der Waals surface area contributed by atoms with Gasteiger partial charge in [-0.15, -0.1) is 0 Å². The minimum Gasteiger partial charge on any atom is -0.486 e. The monoisotopic (exact) mass is 392 g/mol. The molecule has 2 aromatic carbocycles. The molecule has 0 bridgehead atoms. The summed E-state index contributed by atoms with van der Waals surface area (Å²) in [6.07, 6.45) is -0.0118. The Hall–Kier alpha value is -2.65. The van der Waals surface area contributed by atoms with Crippen LogP contribution in [0.3, 0.4) is 0 Å². The number of benzene rings is 2. The number of nitrogens with one attached hydrogen (secondary N) is 1. The smallest absolute Gasteiger partial charge is 0.243 e. The van der Waals surface area contributed by atoms with Crippen LogP contribution < -0.4 is 19.1 Å². The number of ether oxygens (including phenoxy) is 2. The fourth-order valence-corrected chi connectivity index (χ4v) is 4.49. The van der Waals surface area contributed by atoms with E-state index < -0.39 is 26.8 Å². The third-order valence-electron chi connectivity index (χ3n) is 4.41. The Morgan fingerprint density at radius 1 is 1.07 bits per heavy atom. The van der Waals surface area contributed by atoms with E-state index >= 15 is 0 Å². The summed E-state index contributed by atoms with van der Waals surface area (Å²) >= 11 is 0. The number of amides is 1. The molecule has 27 heavy (non-hydrogen) atoms. The molecule has 9 heteroatoms. The standard InChI is InChI=1S/C18H17FN2O5S/c19-14-3-1-2-4-17(14)27(23,24)20-12-9-18(22)21(11-12)13-5-6-15-16(10-13)26-8-7-25-15/h1-6,10,12,20H,7-9,11H2/t12-/m0/s1. The van der Waals surface area contributed by atoms with Gasteiger partial charge < -0.3 is 14.4 Å². The average molecular weight is 392 g/mol. The van der Waals surface area contributed by atoms with Crippen LogP contribution in [0.4, 0.5) is 10.1 Å². The normalized spacial score (nSPS) is 19.4. The van der Waals surface area contributed by atoms with Crippen molar-refractivity contribution in [3.8, 4) is 11.5 Å². The molecule has 0 aromatic heterocycles. The Morgan fingerprint density at radius 2 is 1.81 bits per heavy atom. The molecule has 0 spiro atoms. The number of halogens is 1. The van der Waals surface area contributed by atoms with Crippen LogP contribution in [0.15, 0.2) is 47.4 Å². The highest BCUT2D eigenvalue weighted by Crippen LogP contribution is 2.35. The zero-order chi connectivity index (χ0) is 19.0. The maximum Gasteiger partial charge on any atom is 0.243 e. The molecule has 0 aliphatic carbocycles. The Labute approximate surface area is 155 Å². The molecule has 0 unspecified atom stereocenters. The molecule has 2 heterocycles. The number of anilines is 1.